The Kier molecular flexibility index (Phi) is 5.20. The van der Waals surface area contributed by atoms with Crippen molar-refractivity contribution in [2.24, 2.45) is 0 Å². The number of nitrogens with zero attached hydrogens (tertiary/aromatic N) is 2. The second-order valence-corrected chi connectivity index (χ2v) is 6.84. The molecule has 2 aromatic heterocycles. The molecule has 0 bridgehead atoms. The maximum absolute atomic E-state index is 13.0. The van der Waals surface area contributed by atoms with E-state index in [1.54, 1.807) is 48.5 Å². The molecule has 7 heteroatoms. The average molecular weight is 423 g/mol. The van der Waals surface area contributed by atoms with Crippen LogP contribution in [-0.2, 0) is 0 Å². The average Bonchev–Trinajstić information content (AvgIpc) is 3.53. The van der Waals surface area contributed by atoms with Gasteiger partial charge in [-0.15, -0.1) is 10.2 Å². The molecular weight excluding hydrogens is 406 g/mol. The first-order chi connectivity index (χ1) is 15.8. The number of hydrogen-bond donors (Lipinski definition) is 1. The van der Waals surface area contributed by atoms with E-state index in [1.165, 1.54) is 6.26 Å². The lowest BCUT2D eigenvalue weighted by atomic mass is 10.1. The highest BCUT2D eigenvalue weighted by atomic mass is 16.5. The van der Waals surface area contributed by atoms with Crippen LogP contribution in [0.5, 0.6) is 11.5 Å². The van der Waals surface area contributed by atoms with Gasteiger partial charge in [-0.2, -0.15) is 0 Å². The van der Waals surface area contributed by atoms with Crippen molar-refractivity contribution in [3.63, 3.8) is 0 Å². The fraction of sp³-hybridized carbons (Fsp3) is 0. The molecule has 7 nitrogen and oxygen atoms in total. The lowest BCUT2D eigenvalue weighted by molar-refractivity contribution is 0.102. The number of aromatic nitrogens is 2. The molecule has 0 radical (unpaired) electrons. The Balaban J connectivity index is 1.36. The number of nitrogens with one attached hydrogen (secondary N) is 1. The maximum Gasteiger partial charge on any atom is 0.283 e. The van der Waals surface area contributed by atoms with Gasteiger partial charge in [-0.3, -0.25) is 4.79 Å². The Bertz CT molecular complexity index is 1340. The fourth-order valence-electron chi connectivity index (χ4n) is 3.13. The lowest BCUT2D eigenvalue weighted by Gasteiger charge is -2.11. The molecule has 32 heavy (non-hydrogen) atoms. The van der Waals surface area contributed by atoms with Crippen LogP contribution in [0.25, 0.3) is 23.1 Å². The van der Waals surface area contributed by atoms with E-state index in [1.807, 2.05) is 42.5 Å². The maximum atomic E-state index is 13.0. The van der Waals surface area contributed by atoms with Gasteiger partial charge >= 0.3 is 0 Å². The molecule has 3 aromatic carbocycles. The highest BCUT2D eigenvalue weighted by molar-refractivity contribution is 6.06. The first-order valence-corrected chi connectivity index (χ1v) is 9.87. The number of ether oxygens (including phenoxy) is 1. The van der Waals surface area contributed by atoms with Crippen LogP contribution in [0.4, 0.5) is 5.69 Å². The Morgan fingerprint density at radius 3 is 2.47 bits per heavy atom. The second-order valence-electron chi connectivity index (χ2n) is 6.84. The summed E-state index contributed by atoms with van der Waals surface area (Å²) in [6, 6.07) is 27.0. The minimum atomic E-state index is -0.296. The van der Waals surface area contributed by atoms with Crippen molar-refractivity contribution in [3.8, 4) is 34.6 Å². The van der Waals surface area contributed by atoms with Gasteiger partial charge in [0.15, 0.2) is 5.76 Å². The van der Waals surface area contributed by atoms with Gasteiger partial charge in [0.25, 0.3) is 11.8 Å². The molecule has 0 spiro atoms. The first-order valence-electron chi connectivity index (χ1n) is 9.87. The molecule has 0 saturated carbocycles. The third-order valence-electron chi connectivity index (χ3n) is 4.63. The Morgan fingerprint density at radius 1 is 0.812 bits per heavy atom. The highest BCUT2D eigenvalue weighted by Crippen LogP contribution is 2.28. The minimum absolute atomic E-state index is 0.284. The molecule has 5 aromatic rings. The number of furan rings is 1. The Hall–Kier alpha value is -4.65. The normalized spacial score (nSPS) is 10.6. The van der Waals surface area contributed by atoms with Crippen molar-refractivity contribution in [2.45, 2.75) is 0 Å². The molecule has 0 fully saturated rings. The molecule has 5 rings (SSSR count). The predicted octanol–water partition coefficient (Wildman–Crippen LogP) is 6.04. The topological polar surface area (TPSA) is 90.4 Å². The van der Waals surface area contributed by atoms with Crippen molar-refractivity contribution in [3.05, 3.63) is 103 Å². The molecule has 1 amide bonds. The molecule has 0 aliphatic heterocycles. The minimum Gasteiger partial charge on any atom is -0.459 e. The van der Waals surface area contributed by atoms with E-state index < -0.39 is 0 Å². The molecule has 0 aliphatic carbocycles. The first kappa shape index (κ1) is 19.3. The van der Waals surface area contributed by atoms with Gasteiger partial charge in [0.05, 0.1) is 11.8 Å². The number of hydrogen-bond acceptors (Lipinski definition) is 6. The van der Waals surface area contributed by atoms with Crippen LogP contribution in [0.1, 0.15) is 10.4 Å². The third-order valence-corrected chi connectivity index (χ3v) is 4.63. The summed E-state index contributed by atoms with van der Waals surface area (Å²) in [6.45, 7) is 0. The van der Waals surface area contributed by atoms with E-state index in [2.05, 4.69) is 15.5 Å². The van der Waals surface area contributed by atoms with Gasteiger partial charge in [-0.1, -0.05) is 36.4 Å². The van der Waals surface area contributed by atoms with Crippen LogP contribution < -0.4 is 10.1 Å². The van der Waals surface area contributed by atoms with E-state index in [4.69, 9.17) is 13.6 Å². The summed E-state index contributed by atoms with van der Waals surface area (Å²) in [7, 11) is 0. The molecule has 0 saturated heterocycles. The van der Waals surface area contributed by atoms with Crippen LogP contribution in [-0.4, -0.2) is 16.1 Å². The summed E-state index contributed by atoms with van der Waals surface area (Å²) in [4.78, 5) is 13.0. The largest absolute Gasteiger partial charge is 0.459 e. The van der Waals surface area contributed by atoms with Gasteiger partial charge in [0, 0.05) is 11.3 Å². The molecule has 0 aliphatic rings. The smallest absolute Gasteiger partial charge is 0.283 e. The van der Waals surface area contributed by atoms with Gasteiger partial charge < -0.3 is 18.9 Å². The molecule has 0 unspecified atom stereocenters. The Labute approximate surface area is 183 Å². The predicted molar refractivity (Wildman–Crippen MR) is 118 cm³/mol. The molecule has 1 N–H and O–H groups in total. The zero-order valence-electron chi connectivity index (χ0n) is 16.8. The van der Waals surface area contributed by atoms with Crippen molar-refractivity contribution in [1.29, 1.82) is 0 Å². The lowest BCUT2D eigenvalue weighted by Crippen LogP contribution is -2.13. The number of amides is 1. The van der Waals surface area contributed by atoms with Crippen LogP contribution >= 0.6 is 0 Å². The SMILES string of the molecule is O=C(Nc1cccc(-c2nnc(-c3ccco3)o2)c1)c1ccccc1Oc1ccccc1. The molecular formula is C25H17N3O4. The van der Waals surface area contributed by atoms with Gasteiger partial charge in [0.2, 0.25) is 5.89 Å². The summed E-state index contributed by atoms with van der Waals surface area (Å²) in [6.07, 6.45) is 1.54. The number of carbonyl (C=O) groups is 1. The van der Waals surface area contributed by atoms with Crippen LogP contribution in [0.3, 0.4) is 0 Å². The number of benzene rings is 3. The van der Waals surface area contributed by atoms with Crippen LogP contribution in [0.2, 0.25) is 0 Å². The summed E-state index contributed by atoms with van der Waals surface area (Å²) < 4.78 is 16.9. The van der Waals surface area contributed by atoms with Crippen LogP contribution in [0.15, 0.2) is 106 Å². The van der Waals surface area contributed by atoms with E-state index in [-0.39, 0.29) is 11.8 Å². The molecule has 2 heterocycles. The summed E-state index contributed by atoms with van der Waals surface area (Å²) in [5, 5.41) is 11.0. The monoisotopic (exact) mass is 423 g/mol. The van der Waals surface area contributed by atoms with E-state index in [0.717, 1.165) is 0 Å². The zero-order chi connectivity index (χ0) is 21.8. The number of para-hydroxylation sites is 2. The molecule has 156 valence electrons. The fourth-order valence-corrected chi connectivity index (χ4v) is 3.13. The summed E-state index contributed by atoms with van der Waals surface area (Å²) in [5.74, 6) is 1.91. The van der Waals surface area contributed by atoms with Crippen LogP contribution in [0, 0.1) is 0 Å². The quantitative estimate of drug-likeness (QED) is 0.358. The van der Waals surface area contributed by atoms with E-state index in [0.29, 0.717) is 40.0 Å². The zero-order valence-corrected chi connectivity index (χ0v) is 16.8. The number of anilines is 1. The van der Waals surface area contributed by atoms with Crippen molar-refractivity contribution < 1.29 is 18.4 Å². The second kappa shape index (κ2) is 8.61. The van der Waals surface area contributed by atoms with Gasteiger partial charge in [0.1, 0.15) is 11.5 Å². The third kappa shape index (κ3) is 4.13. The van der Waals surface area contributed by atoms with E-state index >= 15 is 0 Å². The van der Waals surface area contributed by atoms with E-state index in [9.17, 15) is 4.79 Å². The van der Waals surface area contributed by atoms with Gasteiger partial charge in [-0.25, -0.2) is 0 Å². The number of rotatable bonds is 6. The number of carbonyl (C=O) groups excluding carboxylic acids is 1. The molecule has 0 atom stereocenters. The van der Waals surface area contributed by atoms with Crippen molar-refractivity contribution >= 4 is 11.6 Å². The summed E-state index contributed by atoms with van der Waals surface area (Å²) >= 11 is 0. The Morgan fingerprint density at radius 2 is 1.62 bits per heavy atom. The standard InChI is InChI=1S/C25H17N3O4/c29-23(20-12-4-5-13-21(20)31-19-10-2-1-3-11-19)26-18-9-6-8-17(16-18)24-27-28-25(32-24)22-14-7-15-30-22/h1-16H,(H,26,29). The summed E-state index contributed by atoms with van der Waals surface area (Å²) in [5.41, 5.74) is 1.67. The van der Waals surface area contributed by atoms with Crippen molar-refractivity contribution in [1.82, 2.24) is 10.2 Å². The van der Waals surface area contributed by atoms with Crippen molar-refractivity contribution in [2.75, 3.05) is 5.32 Å². The van der Waals surface area contributed by atoms with Gasteiger partial charge in [-0.05, 0) is 54.6 Å². The highest BCUT2D eigenvalue weighted by Gasteiger charge is 2.15.